The van der Waals surface area contributed by atoms with Crippen LogP contribution >= 0.6 is 22.9 Å². The number of sulfone groups is 1. The molecule has 2 rings (SSSR count). The number of nitriles is 1. The van der Waals surface area contributed by atoms with Gasteiger partial charge in [0.05, 0.1) is 17.0 Å². The number of carbonyl (C=O) groups is 1. The molecule has 0 radical (unpaired) electrons. The molecule has 166 valence electrons. The van der Waals surface area contributed by atoms with Crippen LogP contribution in [0.2, 0.25) is 5.02 Å². The van der Waals surface area contributed by atoms with Gasteiger partial charge in [-0.1, -0.05) is 42.9 Å². The average Bonchev–Trinajstić information content (AvgIpc) is 3.09. The monoisotopic (exact) mass is 504 g/mol. The molecule has 0 bridgehead atoms. The summed E-state index contributed by atoms with van der Waals surface area (Å²) in [6.07, 6.45) is 2.07. The van der Waals surface area contributed by atoms with Crippen LogP contribution < -0.4 is 9.50 Å². The molecule has 0 atom stereocenters. The fourth-order valence-electron chi connectivity index (χ4n) is 2.21. The SMILES string of the molecule is CC(C)CS(=O)(=O)c1nnc(NC(=O)C(C#N)=Cc2ccc(OS(C)(=O)=O)c(Cl)c2)s1. The number of anilines is 1. The first-order valence-corrected chi connectivity index (χ1v) is 13.2. The number of nitrogens with one attached hydrogen (secondary N) is 1. The van der Waals surface area contributed by atoms with Gasteiger partial charge in [-0.3, -0.25) is 10.1 Å². The van der Waals surface area contributed by atoms with Crippen molar-refractivity contribution in [1.82, 2.24) is 10.2 Å². The van der Waals surface area contributed by atoms with Crippen LogP contribution in [0.25, 0.3) is 6.08 Å². The van der Waals surface area contributed by atoms with Crippen LogP contribution in [0.1, 0.15) is 19.4 Å². The third kappa shape index (κ3) is 7.28. The maximum absolute atomic E-state index is 12.4. The van der Waals surface area contributed by atoms with Gasteiger partial charge in [-0.2, -0.15) is 13.7 Å². The second kappa shape index (κ2) is 9.73. The van der Waals surface area contributed by atoms with E-state index in [1.807, 2.05) is 0 Å². The van der Waals surface area contributed by atoms with E-state index in [1.54, 1.807) is 19.9 Å². The molecule has 0 aliphatic rings. The maximum atomic E-state index is 12.4. The maximum Gasteiger partial charge on any atom is 0.306 e. The lowest BCUT2D eigenvalue weighted by Crippen LogP contribution is -2.13. The highest BCUT2D eigenvalue weighted by Gasteiger charge is 2.23. The van der Waals surface area contributed by atoms with Gasteiger partial charge in [0.15, 0.2) is 5.75 Å². The largest absolute Gasteiger partial charge is 0.381 e. The molecule has 14 heteroatoms. The lowest BCUT2D eigenvalue weighted by molar-refractivity contribution is -0.112. The summed E-state index contributed by atoms with van der Waals surface area (Å²) in [6.45, 7) is 3.49. The van der Waals surface area contributed by atoms with Gasteiger partial charge in [-0.25, -0.2) is 8.42 Å². The quantitative estimate of drug-likeness (QED) is 0.247. The molecule has 1 heterocycles. The molecule has 0 fully saturated rings. The second-order valence-corrected chi connectivity index (χ2v) is 11.8. The second-order valence-electron chi connectivity index (χ2n) is 6.65. The molecule has 10 nitrogen and oxygen atoms in total. The highest BCUT2D eigenvalue weighted by atomic mass is 35.5. The fraction of sp³-hybridized carbons (Fsp3) is 0.294. The van der Waals surface area contributed by atoms with Crippen LogP contribution in [0.3, 0.4) is 0 Å². The van der Waals surface area contributed by atoms with Gasteiger partial charge in [0.2, 0.25) is 19.3 Å². The van der Waals surface area contributed by atoms with Crippen molar-refractivity contribution < 1.29 is 25.8 Å². The minimum atomic E-state index is -3.77. The lowest BCUT2D eigenvalue weighted by Gasteiger charge is -2.06. The van der Waals surface area contributed by atoms with Gasteiger partial charge in [-0.15, -0.1) is 10.2 Å². The van der Waals surface area contributed by atoms with Gasteiger partial charge in [0, 0.05) is 0 Å². The van der Waals surface area contributed by atoms with Gasteiger partial charge >= 0.3 is 10.1 Å². The highest BCUT2D eigenvalue weighted by Crippen LogP contribution is 2.28. The van der Waals surface area contributed by atoms with E-state index in [2.05, 4.69) is 15.5 Å². The number of rotatable bonds is 8. The predicted octanol–water partition coefficient (Wildman–Crippen LogP) is 2.51. The first-order valence-electron chi connectivity index (χ1n) is 8.49. The van der Waals surface area contributed by atoms with Crippen LogP contribution in [0, 0.1) is 17.2 Å². The molecule has 1 aromatic carbocycles. The number of hydrogen-bond donors (Lipinski definition) is 1. The Morgan fingerprint density at radius 1 is 1.32 bits per heavy atom. The minimum absolute atomic E-state index is 0.0407. The van der Waals surface area contributed by atoms with Gasteiger partial charge in [-0.05, 0) is 29.7 Å². The summed E-state index contributed by atoms with van der Waals surface area (Å²) < 4.78 is 51.3. The zero-order valence-corrected chi connectivity index (χ0v) is 19.7. The first kappa shape index (κ1) is 24.7. The Morgan fingerprint density at radius 2 is 2.00 bits per heavy atom. The third-order valence-electron chi connectivity index (χ3n) is 3.32. The summed E-state index contributed by atoms with van der Waals surface area (Å²) in [4.78, 5) is 12.4. The normalized spacial score (nSPS) is 12.5. The van der Waals surface area contributed by atoms with Crippen LogP contribution in [-0.4, -0.2) is 44.9 Å². The van der Waals surface area contributed by atoms with E-state index in [4.69, 9.17) is 15.8 Å². The van der Waals surface area contributed by atoms with Crippen molar-refractivity contribution in [3.63, 3.8) is 0 Å². The van der Waals surface area contributed by atoms with Crippen molar-refractivity contribution in [2.24, 2.45) is 5.92 Å². The zero-order chi connectivity index (χ0) is 23.4. The molecule has 0 aliphatic carbocycles. The summed E-state index contributed by atoms with van der Waals surface area (Å²) in [5.74, 6) is -1.16. The Hall–Kier alpha value is -2.53. The average molecular weight is 505 g/mol. The zero-order valence-electron chi connectivity index (χ0n) is 16.5. The van der Waals surface area contributed by atoms with Crippen molar-refractivity contribution in [3.05, 3.63) is 34.4 Å². The summed E-state index contributed by atoms with van der Waals surface area (Å²) in [5, 5.41) is 18.7. The first-order chi connectivity index (χ1) is 14.3. The molecule has 0 spiro atoms. The summed E-state index contributed by atoms with van der Waals surface area (Å²) in [7, 11) is -7.40. The van der Waals surface area contributed by atoms with E-state index in [0.29, 0.717) is 16.9 Å². The predicted molar refractivity (Wildman–Crippen MR) is 116 cm³/mol. The smallest absolute Gasteiger partial charge is 0.306 e. The number of hydrogen-bond acceptors (Lipinski definition) is 10. The van der Waals surface area contributed by atoms with Gasteiger partial charge < -0.3 is 4.18 Å². The molecule has 0 unspecified atom stereocenters. The number of amides is 1. The van der Waals surface area contributed by atoms with E-state index in [0.717, 1.165) is 6.26 Å². The van der Waals surface area contributed by atoms with E-state index in [9.17, 15) is 26.9 Å². The molecule has 1 N–H and O–H groups in total. The van der Waals surface area contributed by atoms with Crippen LogP contribution in [-0.2, 0) is 24.7 Å². The Kier molecular flexibility index (Phi) is 7.77. The lowest BCUT2D eigenvalue weighted by atomic mass is 10.1. The van der Waals surface area contributed by atoms with Crippen molar-refractivity contribution in [1.29, 1.82) is 5.26 Å². The van der Waals surface area contributed by atoms with Crippen molar-refractivity contribution in [2.75, 3.05) is 17.3 Å². The molecule has 0 saturated heterocycles. The van der Waals surface area contributed by atoms with Crippen LogP contribution in [0.5, 0.6) is 5.75 Å². The molecular weight excluding hydrogens is 488 g/mol. The Bertz CT molecular complexity index is 1280. The molecule has 1 aromatic heterocycles. The van der Waals surface area contributed by atoms with Crippen molar-refractivity contribution in [2.45, 2.75) is 18.2 Å². The summed E-state index contributed by atoms with van der Waals surface area (Å²) >= 11 is 6.66. The third-order valence-corrected chi connectivity index (χ3v) is 7.46. The van der Waals surface area contributed by atoms with Crippen molar-refractivity contribution >= 4 is 60.0 Å². The Balaban J connectivity index is 2.20. The number of nitrogens with zero attached hydrogens (tertiary/aromatic N) is 3. The minimum Gasteiger partial charge on any atom is -0.381 e. The van der Waals surface area contributed by atoms with E-state index < -0.39 is 25.9 Å². The standard InChI is InChI=1S/C17H17ClN4O6S3/c1-10(2)9-31(26,27)17-22-21-16(29-17)20-15(23)12(8-19)6-11-4-5-14(13(18)7-11)28-30(3,24)25/h4-7,10H,9H2,1-3H3,(H,20,21,23). The van der Waals surface area contributed by atoms with E-state index in [-0.39, 0.29) is 37.5 Å². The highest BCUT2D eigenvalue weighted by molar-refractivity contribution is 7.93. The molecule has 1 amide bonds. The fourth-order valence-corrected chi connectivity index (χ4v) is 5.56. The van der Waals surface area contributed by atoms with Gasteiger partial charge in [0.25, 0.3) is 5.91 Å². The Morgan fingerprint density at radius 3 is 2.55 bits per heavy atom. The molecule has 2 aromatic rings. The van der Waals surface area contributed by atoms with E-state index in [1.165, 1.54) is 24.3 Å². The van der Waals surface area contributed by atoms with Crippen molar-refractivity contribution in [3.8, 4) is 11.8 Å². The molecule has 31 heavy (non-hydrogen) atoms. The van der Waals surface area contributed by atoms with E-state index >= 15 is 0 Å². The van der Waals surface area contributed by atoms with Crippen LogP contribution in [0.4, 0.5) is 5.13 Å². The Labute approximate surface area is 188 Å². The molecular formula is C17H17ClN4O6S3. The number of halogens is 1. The topological polar surface area (TPSA) is 156 Å². The van der Waals surface area contributed by atoms with Crippen LogP contribution in [0.15, 0.2) is 28.1 Å². The summed E-state index contributed by atoms with van der Waals surface area (Å²) in [5.41, 5.74) is 0.00431. The van der Waals surface area contributed by atoms with Gasteiger partial charge in [0.1, 0.15) is 11.6 Å². The molecule has 0 aliphatic heterocycles. The summed E-state index contributed by atoms with van der Waals surface area (Å²) in [6, 6.07) is 5.71. The number of benzene rings is 1. The number of aromatic nitrogens is 2. The number of carbonyl (C=O) groups excluding carboxylic acids is 1. The molecule has 0 saturated carbocycles.